The lowest BCUT2D eigenvalue weighted by Crippen LogP contribution is -2.45. The van der Waals surface area contributed by atoms with E-state index < -0.39 is 0 Å². The molecule has 1 aliphatic carbocycles. The van der Waals surface area contributed by atoms with Gasteiger partial charge < -0.3 is 10.4 Å². The number of nitrogens with zero attached hydrogens (tertiary/aromatic N) is 2. The van der Waals surface area contributed by atoms with Crippen molar-refractivity contribution < 1.29 is 5.11 Å². The van der Waals surface area contributed by atoms with Crippen molar-refractivity contribution >= 4 is 5.82 Å². The minimum atomic E-state index is -0.207. The van der Waals surface area contributed by atoms with Crippen LogP contribution in [0.4, 0.5) is 5.82 Å². The Hall–Kier alpha value is -1.16. The first-order valence-corrected chi connectivity index (χ1v) is 7.69. The summed E-state index contributed by atoms with van der Waals surface area (Å²) in [5, 5.41) is 13.3. The fraction of sp³-hybridized carbons (Fsp3) is 0.750. The molecule has 0 atom stereocenters. The highest BCUT2D eigenvalue weighted by Crippen LogP contribution is 2.34. The second-order valence-electron chi connectivity index (χ2n) is 6.65. The monoisotopic (exact) mass is 277 g/mol. The number of aryl methyl sites for hydroxylation is 1. The van der Waals surface area contributed by atoms with E-state index in [1.54, 1.807) is 0 Å². The molecule has 20 heavy (non-hydrogen) atoms. The Morgan fingerprint density at radius 3 is 2.55 bits per heavy atom. The molecule has 0 unspecified atom stereocenters. The third-order valence-electron chi connectivity index (χ3n) is 4.32. The predicted molar refractivity (Wildman–Crippen MR) is 81.9 cm³/mol. The smallest absolute Gasteiger partial charge is 0.133 e. The van der Waals surface area contributed by atoms with Gasteiger partial charge in [0.05, 0.1) is 12.1 Å². The summed E-state index contributed by atoms with van der Waals surface area (Å²) in [4.78, 5) is 9.08. The summed E-state index contributed by atoms with van der Waals surface area (Å²) < 4.78 is 0. The third kappa shape index (κ3) is 3.48. The molecule has 1 aromatic heterocycles. The molecule has 2 rings (SSSR count). The molecule has 4 nitrogen and oxygen atoms in total. The van der Waals surface area contributed by atoms with Gasteiger partial charge in [0.25, 0.3) is 0 Å². The first-order chi connectivity index (χ1) is 9.44. The van der Waals surface area contributed by atoms with E-state index in [1.807, 2.05) is 13.0 Å². The van der Waals surface area contributed by atoms with E-state index in [0.29, 0.717) is 5.92 Å². The second-order valence-corrected chi connectivity index (χ2v) is 6.65. The van der Waals surface area contributed by atoms with Crippen LogP contribution in [-0.2, 0) is 0 Å². The van der Waals surface area contributed by atoms with E-state index >= 15 is 0 Å². The molecule has 0 saturated heterocycles. The van der Waals surface area contributed by atoms with Gasteiger partial charge in [-0.2, -0.15) is 0 Å². The van der Waals surface area contributed by atoms with Crippen molar-refractivity contribution in [3.63, 3.8) is 0 Å². The van der Waals surface area contributed by atoms with Gasteiger partial charge in [-0.05, 0) is 38.5 Å². The van der Waals surface area contributed by atoms with Crippen LogP contribution in [0.3, 0.4) is 0 Å². The zero-order valence-corrected chi connectivity index (χ0v) is 13.1. The molecular weight excluding hydrogens is 250 g/mol. The Morgan fingerprint density at radius 1 is 1.35 bits per heavy atom. The molecule has 1 aromatic rings. The normalized spacial score (nSPS) is 26.8. The summed E-state index contributed by atoms with van der Waals surface area (Å²) >= 11 is 0. The van der Waals surface area contributed by atoms with Gasteiger partial charge in [0.2, 0.25) is 0 Å². The van der Waals surface area contributed by atoms with Gasteiger partial charge in [0, 0.05) is 17.7 Å². The van der Waals surface area contributed by atoms with Crippen molar-refractivity contribution in [2.75, 3.05) is 11.9 Å². The van der Waals surface area contributed by atoms with E-state index in [4.69, 9.17) is 0 Å². The number of aliphatic hydroxyl groups excluding tert-OH is 1. The zero-order chi connectivity index (χ0) is 14.8. The summed E-state index contributed by atoms with van der Waals surface area (Å²) in [6.45, 7) is 8.64. The number of aliphatic hydroxyl groups is 1. The van der Waals surface area contributed by atoms with Crippen LogP contribution in [0, 0.1) is 12.8 Å². The topological polar surface area (TPSA) is 58.0 Å². The van der Waals surface area contributed by atoms with E-state index in [1.165, 1.54) is 0 Å². The Bertz CT molecular complexity index is 451. The molecule has 0 radical (unpaired) electrons. The van der Waals surface area contributed by atoms with Crippen molar-refractivity contribution in [2.45, 2.75) is 64.8 Å². The maximum atomic E-state index is 9.83. The van der Waals surface area contributed by atoms with Gasteiger partial charge in [-0.15, -0.1) is 0 Å². The van der Waals surface area contributed by atoms with Crippen LogP contribution in [0.5, 0.6) is 0 Å². The molecule has 1 aliphatic rings. The zero-order valence-electron chi connectivity index (χ0n) is 13.1. The molecule has 112 valence electrons. The summed E-state index contributed by atoms with van der Waals surface area (Å²) in [5.74, 6) is 2.79. The Morgan fingerprint density at radius 2 is 2.00 bits per heavy atom. The van der Waals surface area contributed by atoms with Gasteiger partial charge in [0.15, 0.2) is 0 Å². The van der Waals surface area contributed by atoms with Crippen molar-refractivity contribution in [2.24, 2.45) is 5.92 Å². The first kappa shape index (κ1) is 15.2. The summed E-state index contributed by atoms with van der Waals surface area (Å²) in [6.07, 6.45) is 4.33. The van der Waals surface area contributed by atoms with Gasteiger partial charge in [-0.1, -0.05) is 20.8 Å². The molecule has 0 aromatic carbocycles. The van der Waals surface area contributed by atoms with Gasteiger partial charge in [0.1, 0.15) is 11.6 Å². The molecule has 4 heteroatoms. The third-order valence-corrected chi connectivity index (χ3v) is 4.32. The number of aromatic nitrogens is 2. The highest BCUT2D eigenvalue weighted by Gasteiger charge is 2.34. The number of nitrogens with one attached hydrogen (secondary N) is 1. The number of rotatable bonds is 4. The predicted octanol–water partition coefficient (Wildman–Crippen LogP) is 3.26. The SMILES string of the molecule is Cc1cc(NC2(CO)CCC(C)CC2)nc(C(C)C)n1. The van der Waals surface area contributed by atoms with E-state index in [-0.39, 0.29) is 12.1 Å². The van der Waals surface area contributed by atoms with Crippen molar-refractivity contribution in [3.05, 3.63) is 17.6 Å². The molecule has 0 amide bonds. The first-order valence-electron chi connectivity index (χ1n) is 7.69. The van der Waals surface area contributed by atoms with Crippen LogP contribution >= 0.6 is 0 Å². The lowest BCUT2D eigenvalue weighted by molar-refractivity contribution is 0.155. The van der Waals surface area contributed by atoms with Crippen LogP contribution in [0.1, 0.15) is 63.9 Å². The molecule has 1 saturated carbocycles. The van der Waals surface area contributed by atoms with Crippen molar-refractivity contribution in [1.82, 2.24) is 9.97 Å². The summed E-state index contributed by atoms with van der Waals surface area (Å²) in [7, 11) is 0. The minimum Gasteiger partial charge on any atom is -0.394 e. The average Bonchev–Trinajstić information content (AvgIpc) is 2.41. The second kappa shape index (κ2) is 6.08. The molecule has 0 aliphatic heterocycles. The van der Waals surface area contributed by atoms with Crippen LogP contribution in [0.25, 0.3) is 0 Å². The van der Waals surface area contributed by atoms with Gasteiger partial charge >= 0.3 is 0 Å². The number of hydrogen-bond acceptors (Lipinski definition) is 4. The molecule has 2 N–H and O–H groups in total. The Kier molecular flexibility index (Phi) is 4.63. The standard InChI is InChI=1S/C16H27N3O/c1-11(2)15-17-13(4)9-14(18-15)19-16(10-20)7-5-12(3)6-8-16/h9,11-12,20H,5-8,10H2,1-4H3,(H,17,18,19). The van der Waals surface area contributed by atoms with E-state index in [0.717, 1.165) is 48.9 Å². The highest BCUT2D eigenvalue weighted by atomic mass is 16.3. The lowest BCUT2D eigenvalue weighted by atomic mass is 9.77. The maximum Gasteiger partial charge on any atom is 0.133 e. The number of hydrogen-bond donors (Lipinski definition) is 2. The maximum absolute atomic E-state index is 9.83. The quantitative estimate of drug-likeness (QED) is 0.887. The van der Waals surface area contributed by atoms with Crippen LogP contribution in [-0.4, -0.2) is 27.2 Å². The Balaban J connectivity index is 2.19. The molecular formula is C16H27N3O. The fourth-order valence-electron chi connectivity index (χ4n) is 2.82. The Labute approximate surface area is 122 Å². The average molecular weight is 277 g/mol. The molecule has 0 bridgehead atoms. The van der Waals surface area contributed by atoms with Gasteiger partial charge in [-0.25, -0.2) is 9.97 Å². The number of anilines is 1. The molecule has 0 spiro atoms. The fourth-order valence-corrected chi connectivity index (χ4v) is 2.82. The van der Waals surface area contributed by atoms with Crippen LogP contribution in [0.2, 0.25) is 0 Å². The van der Waals surface area contributed by atoms with Crippen molar-refractivity contribution in [1.29, 1.82) is 0 Å². The van der Waals surface area contributed by atoms with E-state index in [2.05, 4.69) is 36.1 Å². The summed E-state index contributed by atoms with van der Waals surface area (Å²) in [5.41, 5.74) is 0.769. The molecule has 1 heterocycles. The highest BCUT2D eigenvalue weighted by molar-refractivity contribution is 5.39. The summed E-state index contributed by atoms with van der Waals surface area (Å²) in [6, 6.07) is 1.97. The lowest BCUT2D eigenvalue weighted by Gasteiger charge is -2.39. The largest absolute Gasteiger partial charge is 0.394 e. The van der Waals surface area contributed by atoms with Gasteiger partial charge in [-0.3, -0.25) is 0 Å². The van der Waals surface area contributed by atoms with E-state index in [9.17, 15) is 5.11 Å². The van der Waals surface area contributed by atoms with Crippen molar-refractivity contribution in [3.8, 4) is 0 Å². The van der Waals surface area contributed by atoms with Crippen LogP contribution in [0.15, 0.2) is 6.07 Å². The van der Waals surface area contributed by atoms with Crippen LogP contribution < -0.4 is 5.32 Å². The minimum absolute atomic E-state index is 0.166. The molecule has 1 fully saturated rings.